The normalized spacial score (nSPS) is 17.2. The van der Waals surface area contributed by atoms with Crippen molar-refractivity contribution >= 4 is 10.0 Å². The van der Waals surface area contributed by atoms with E-state index in [2.05, 4.69) is 14.9 Å². The second kappa shape index (κ2) is 7.66. The molecule has 1 saturated carbocycles. The highest BCUT2D eigenvalue weighted by molar-refractivity contribution is 7.89. The van der Waals surface area contributed by atoms with Gasteiger partial charge in [0.15, 0.2) is 0 Å². The number of nitrogens with zero attached hydrogens (tertiary/aromatic N) is 2. The summed E-state index contributed by atoms with van der Waals surface area (Å²) in [6.07, 6.45) is 7.59. The zero-order chi connectivity index (χ0) is 17.9. The predicted molar refractivity (Wildman–Crippen MR) is 95.6 cm³/mol. The minimum Gasteiger partial charge on any atom is -0.339 e. The minimum atomic E-state index is -3.58. The van der Waals surface area contributed by atoms with Crippen LogP contribution in [0.4, 0.5) is 0 Å². The molecule has 0 radical (unpaired) electrons. The number of benzene rings is 1. The van der Waals surface area contributed by atoms with Gasteiger partial charge in [0.05, 0.1) is 4.90 Å². The van der Waals surface area contributed by atoms with Crippen LogP contribution in [0.5, 0.6) is 0 Å². The molecule has 0 unspecified atom stereocenters. The highest BCUT2D eigenvalue weighted by Gasteiger charge is 2.23. The fourth-order valence-corrected chi connectivity index (χ4v) is 4.88. The molecule has 1 N–H and O–H groups in total. The molecule has 1 aromatic carbocycles. The SMILES string of the molecule is Cc1nc(-c2ccc(C)c(S(=O)(=O)NC3CCCCCCC3)c2)no1. The maximum Gasteiger partial charge on any atom is 0.241 e. The summed E-state index contributed by atoms with van der Waals surface area (Å²) in [5.41, 5.74) is 1.35. The van der Waals surface area contributed by atoms with E-state index in [4.69, 9.17) is 4.52 Å². The molecule has 0 saturated heterocycles. The van der Waals surface area contributed by atoms with Crippen molar-refractivity contribution in [2.45, 2.75) is 69.7 Å². The molecule has 0 spiro atoms. The van der Waals surface area contributed by atoms with Crippen molar-refractivity contribution in [2.75, 3.05) is 0 Å². The quantitative estimate of drug-likeness (QED) is 0.894. The number of hydrogen-bond donors (Lipinski definition) is 1. The van der Waals surface area contributed by atoms with Crippen LogP contribution in [0.2, 0.25) is 0 Å². The third kappa shape index (κ3) is 4.46. The van der Waals surface area contributed by atoms with Crippen LogP contribution >= 0.6 is 0 Å². The van der Waals surface area contributed by atoms with Gasteiger partial charge in [0.2, 0.25) is 21.7 Å². The molecule has 1 aliphatic carbocycles. The highest BCUT2D eigenvalue weighted by Crippen LogP contribution is 2.25. The summed E-state index contributed by atoms with van der Waals surface area (Å²) in [5.74, 6) is 0.854. The Morgan fingerprint density at radius 2 is 1.76 bits per heavy atom. The Kier molecular flexibility index (Phi) is 5.54. The van der Waals surface area contributed by atoms with E-state index in [0.717, 1.165) is 25.7 Å². The summed E-state index contributed by atoms with van der Waals surface area (Å²) < 4.78 is 33.8. The van der Waals surface area contributed by atoms with Gasteiger partial charge in [-0.15, -0.1) is 0 Å². The van der Waals surface area contributed by atoms with Crippen LogP contribution < -0.4 is 4.72 Å². The number of hydrogen-bond acceptors (Lipinski definition) is 5. The maximum absolute atomic E-state index is 12.9. The Labute approximate surface area is 149 Å². The lowest BCUT2D eigenvalue weighted by Gasteiger charge is -2.21. The zero-order valence-electron chi connectivity index (χ0n) is 14.8. The fourth-order valence-electron chi connectivity index (χ4n) is 3.30. The second-order valence-corrected chi connectivity index (χ2v) is 8.46. The molecule has 1 aliphatic rings. The van der Waals surface area contributed by atoms with Gasteiger partial charge in [-0.1, -0.05) is 49.4 Å². The third-order valence-electron chi connectivity index (χ3n) is 4.69. The van der Waals surface area contributed by atoms with Gasteiger partial charge in [0, 0.05) is 18.5 Å². The van der Waals surface area contributed by atoms with Crippen molar-refractivity contribution in [3.8, 4) is 11.4 Å². The first-order valence-electron chi connectivity index (χ1n) is 8.89. The van der Waals surface area contributed by atoms with E-state index < -0.39 is 10.0 Å². The Morgan fingerprint density at radius 3 is 2.40 bits per heavy atom. The highest BCUT2D eigenvalue weighted by atomic mass is 32.2. The van der Waals surface area contributed by atoms with Gasteiger partial charge < -0.3 is 4.52 Å². The molecule has 7 heteroatoms. The van der Waals surface area contributed by atoms with Crippen LogP contribution in [0.15, 0.2) is 27.6 Å². The molecule has 1 aromatic heterocycles. The van der Waals surface area contributed by atoms with Crippen LogP contribution in [0, 0.1) is 13.8 Å². The van der Waals surface area contributed by atoms with Crippen molar-refractivity contribution in [1.29, 1.82) is 0 Å². The van der Waals surface area contributed by atoms with Crippen LogP contribution in [0.1, 0.15) is 56.4 Å². The number of aromatic nitrogens is 2. The van der Waals surface area contributed by atoms with E-state index in [1.165, 1.54) is 19.3 Å². The molecule has 1 heterocycles. The summed E-state index contributed by atoms with van der Waals surface area (Å²) in [7, 11) is -3.58. The van der Waals surface area contributed by atoms with E-state index in [1.54, 1.807) is 26.0 Å². The van der Waals surface area contributed by atoms with E-state index in [-0.39, 0.29) is 10.9 Å². The van der Waals surface area contributed by atoms with Crippen LogP contribution in [-0.2, 0) is 10.0 Å². The minimum absolute atomic E-state index is 0.0146. The monoisotopic (exact) mass is 363 g/mol. The smallest absolute Gasteiger partial charge is 0.241 e. The molecule has 0 bridgehead atoms. The summed E-state index contributed by atoms with van der Waals surface area (Å²) >= 11 is 0. The van der Waals surface area contributed by atoms with Crippen molar-refractivity contribution in [2.24, 2.45) is 0 Å². The van der Waals surface area contributed by atoms with Crippen LogP contribution in [-0.4, -0.2) is 24.6 Å². The third-order valence-corrected chi connectivity index (χ3v) is 6.35. The zero-order valence-corrected chi connectivity index (χ0v) is 15.6. The van der Waals surface area contributed by atoms with Crippen LogP contribution in [0.25, 0.3) is 11.4 Å². The number of nitrogens with one attached hydrogen (secondary N) is 1. The topological polar surface area (TPSA) is 85.1 Å². The molecule has 1 fully saturated rings. The number of aryl methyl sites for hydroxylation is 2. The fraction of sp³-hybridized carbons (Fsp3) is 0.556. The van der Waals surface area contributed by atoms with E-state index in [1.807, 2.05) is 6.07 Å². The molecular formula is C18H25N3O3S. The average molecular weight is 363 g/mol. The Hall–Kier alpha value is -1.73. The molecule has 0 amide bonds. The first-order chi connectivity index (χ1) is 12.0. The van der Waals surface area contributed by atoms with Gasteiger partial charge in [-0.25, -0.2) is 13.1 Å². The molecule has 6 nitrogen and oxygen atoms in total. The van der Waals surface area contributed by atoms with Gasteiger partial charge in [-0.2, -0.15) is 4.98 Å². The Morgan fingerprint density at radius 1 is 1.08 bits per heavy atom. The lowest BCUT2D eigenvalue weighted by Crippen LogP contribution is -2.35. The van der Waals surface area contributed by atoms with Crippen molar-refractivity contribution in [1.82, 2.24) is 14.9 Å². The molecule has 2 aromatic rings. The maximum atomic E-state index is 12.9. The summed E-state index contributed by atoms with van der Waals surface area (Å²) in [5, 5.41) is 3.88. The lowest BCUT2D eigenvalue weighted by molar-refractivity contribution is 0.394. The Bertz CT molecular complexity index is 822. The van der Waals surface area contributed by atoms with E-state index in [9.17, 15) is 8.42 Å². The largest absolute Gasteiger partial charge is 0.339 e. The lowest BCUT2D eigenvalue weighted by atomic mass is 9.97. The molecular weight excluding hydrogens is 338 g/mol. The van der Waals surface area contributed by atoms with E-state index in [0.29, 0.717) is 22.8 Å². The molecule has 136 valence electrons. The van der Waals surface area contributed by atoms with Gasteiger partial charge in [0.1, 0.15) is 0 Å². The molecule has 0 atom stereocenters. The molecule has 25 heavy (non-hydrogen) atoms. The average Bonchev–Trinajstić information content (AvgIpc) is 2.96. The number of sulfonamides is 1. The first-order valence-corrected chi connectivity index (χ1v) is 10.4. The predicted octanol–water partition coefficient (Wildman–Crippen LogP) is 3.74. The standard InChI is InChI=1S/C18H25N3O3S/c1-13-10-11-15(18-19-14(2)24-20-18)12-17(13)25(22,23)21-16-8-6-4-3-5-7-9-16/h10-12,16,21H,3-9H2,1-2H3. The summed E-state index contributed by atoms with van der Waals surface area (Å²) in [6.45, 7) is 3.51. The van der Waals surface area contributed by atoms with Gasteiger partial charge >= 0.3 is 0 Å². The van der Waals surface area contributed by atoms with Crippen molar-refractivity contribution in [3.63, 3.8) is 0 Å². The summed E-state index contributed by atoms with van der Waals surface area (Å²) in [4.78, 5) is 4.47. The van der Waals surface area contributed by atoms with E-state index >= 15 is 0 Å². The van der Waals surface area contributed by atoms with Crippen molar-refractivity contribution < 1.29 is 12.9 Å². The molecule has 3 rings (SSSR count). The summed E-state index contributed by atoms with van der Waals surface area (Å²) in [6, 6.07) is 5.24. The number of rotatable bonds is 4. The van der Waals surface area contributed by atoms with Crippen molar-refractivity contribution in [3.05, 3.63) is 29.7 Å². The van der Waals surface area contributed by atoms with Gasteiger partial charge in [0.25, 0.3) is 0 Å². The molecule has 0 aliphatic heterocycles. The van der Waals surface area contributed by atoms with Gasteiger partial charge in [-0.05, 0) is 31.4 Å². The second-order valence-electron chi connectivity index (χ2n) is 6.78. The van der Waals surface area contributed by atoms with Gasteiger partial charge in [-0.3, -0.25) is 0 Å². The Balaban J connectivity index is 1.85. The first kappa shape index (κ1) is 18.1. The van der Waals surface area contributed by atoms with Crippen LogP contribution in [0.3, 0.4) is 0 Å².